The molecule has 22 heavy (non-hydrogen) atoms. The predicted molar refractivity (Wildman–Crippen MR) is 80.2 cm³/mol. The maximum atomic E-state index is 11.6. The Hall–Kier alpha value is -2.93. The topological polar surface area (TPSA) is 106 Å². The molecule has 0 unspecified atom stereocenters. The van der Waals surface area contributed by atoms with E-state index in [1.807, 2.05) is 0 Å². The van der Waals surface area contributed by atoms with Gasteiger partial charge in [0, 0.05) is 12.1 Å². The Balaban J connectivity index is 2.02. The minimum Gasteiger partial charge on any atom is -0.401 e. The molecule has 1 aromatic carbocycles. The van der Waals surface area contributed by atoms with Gasteiger partial charge in [0.15, 0.2) is 0 Å². The molecule has 0 fully saturated rings. The normalized spacial score (nSPS) is 10.8. The quantitative estimate of drug-likeness (QED) is 0.627. The van der Waals surface area contributed by atoms with Gasteiger partial charge in [0.1, 0.15) is 10.7 Å². The van der Waals surface area contributed by atoms with Crippen molar-refractivity contribution >= 4 is 23.9 Å². The number of carbonyl (C=O) groups is 1. The lowest BCUT2D eigenvalue weighted by Gasteiger charge is -2.03. The highest BCUT2D eigenvalue weighted by atomic mass is 16.6. The molecule has 0 aliphatic heterocycles. The summed E-state index contributed by atoms with van der Waals surface area (Å²) in [5, 5.41) is 21.7. The average molecular weight is 302 g/mol. The van der Waals surface area contributed by atoms with E-state index in [1.54, 1.807) is 36.4 Å². The van der Waals surface area contributed by atoms with Crippen molar-refractivity contribution in [1.82, 2.24) is 5.32 Å². The summed E-state index contributed by atoms with van der Waals surface area (Å²) in [7, 11) is 0. The van der Waals surface area contributed by atoms with Gasteiger partial charge in [0.2, 0.25) is 0 Å². The number of hydrogen-bond donors (Lipinski definition) is 2. The van der Waals surface area contributed by atoms with E-state index in [2.05, 4.69) is 5.32 Å². The van der Waals surface area contributed by atoms with Crippen molar-refractivity contribution in [2.45, 2.75) is 0 Å². The molecule has 2 N–H and O–H groups in total. The van der Waals surface area contributed by atoms with Crippen molar-refractivity contribution in [3.05, 3.63) is 63.4 Å². The molecule has 114 valence electrons. The number of benzene rings is 1. The molecule has 2 aromatic rings. The summed E-state index contributed by atoms with van der Waals surface area (Å²) in [4.78, 5) is 21.5. The standard InChI is InChI=1S/C15H14N2O5/c18-10-9-16-15(19)12-4-1-11(2-5-12)3-6-13-7-8-14(22-13)17(20)21/h1-8,18H,9-10H2,(H,16,19). The van der Waals surface area contributed by atoms with E-state index >= 15 is 0 Å². The first-order valence-electron chi connectivity index (χ1n) is 6.51. The minimum atomic E-state index is -0.600. The summed E-state index contributed by atoms with van der Waals surface area (Å²) < 4.78 is 5.00. The second kappa shape index (κ2) is 7.19. The van der Waals surface area contributed by atoms with Gasteiger partial charge in [-0.1, -0.05) is 18.2 Å². The van der Waals surface area contributed by atoms with Crippen molar-refractivity contribution in [3.63, 3.8) is 0 Å². The summed E-state index contributed by atoms with van der Waals surface area (Å²) in [6.45, 7) is 0.0968. The number of furan rings is 1. The van der Waals surface area contributed by atoms with E-state index in [4.69, 9.17) is 9.52 Å². The molecule has 0 atom stereocenters. The molecule has 0 bridgehead atoms. The van der Waals surface area contributed by atoms with Gasteiger partial charge in [-0.25, -0.2) is 0 Å². The molecule has 1 heterocycles. The van der Waals surface area contributed by atoms with Gasteiger partial charge in [0.25, 0.3) is 5.91 Å². The number of rotatable bonds is 6. The van der Waals surface area contributed by atoms with Crippen LogP contribution in [0.3, 0.4) is 0 Å². The monoisotopic (exact) mass is 302 g/mol. The maximum absolute atomic E-state index is 11.6. The molecule has 7 heteroatoms. The van der Waals surface area contributed by atoms with Gasteiger partial charge in [-0.05, 0) is 29.8 Å². The number of amides is 1. The fraction of sp³-hybridized carbons (Fsp3) is 0.133. The Morgan fingerprint density at radius 3 is 2.55 bits per heavy atom. The lowest BCUT2D eigenvalue weighted by molar-refractivity contribution is -0.402. The van der Waals surface area contributed by atoms with E-state index in [0.29, 0.717) is 11.3 Å². The van der Waals surface area contributed by atoms with Crippen LogP contribution in [0.15, 0.2) is 40.8 Å². The second-order valence-corrected chi connectivity index (χ2v) is 4.37. The molecule has 1 amide bonds. The number of nitrogens with one attached hydrogen (secondary N) is 1. The van der Waals surface area contributed by atoms with Gasteiger partial charge in [0.05, 0.1) is 12.7 Å². The molecule has 0 saturated heterocycles. The first-order valence-corrected chi connectivity index (χ1v) is 6.51. The van der Waals surface area contributed by atoms with Gasteiger partial charge < -0.3 is 14.8 Å². The highest BCUT2D eigenvalue weighted by molar-refractivity contribution is 5.94. The van der Waals surface area contributed by atoms with Crippen molar-refractivity contribution in [2.75, 3.05) is 13.2 Å². The number of nitrogens with zero attached hydrogens (tertiary/aromatic N) is 1. The Morgan fingerprint density at radius 2 is 1.95 bits per heavy atom. The lowest BCUT2D eigenvalue weighted by Crippen LogP contribution is -2.26. The number of carbonyl (C=O) groups excluding carboxylic acids is 1. The summed E-state index contributed by atoms with van der Waals surface area (Å²) in [6, 6.07) is 9.57. The molecule has 0 aliphatic carbocycles. The highest BCUT2D eigenvalue weighted by Gasteiger charge is 2.09. The predicted octanol–water partition coefficient (Wildman–Crippen LogP) is 2.08. The highest BCUT2D eigenvalue weighted by Crippen LogP contribution is 2.18. The van der Waals surface area contributed by atoms with Crippen molar-refractivity contribution < 1.29 is 19.2 Å². The zero-order valence-electron chi connectivity index (χ0n) is 11.6. The summed E-state index contributed by atoms with van der Waals surface area (Å²) in [5.74, 6) is -0.196. The molecule has 7 nitrogen and oxygen atoms in total. The van der Waals surface area contributed by atoms with Gasteiger partial charge >= 0.3 is 5.88 Å². The number of nitro groups is 1. The van der Waals surface area contributed by atoms with Gasteiger partial charge in [-0.3, -0.25) is 14.9 Å². The zero-order chi connectivity index (χ0) is 15.9. The third-order valence-corrected chi connectivity index (χ3v) is 2.80. The Labute approximate surface area is 126 Å². The first kappa shape index (κ1) is 15.5. The van der Waals surface area contributed by atoms with Crippen LogP contribution >= 0.6 is 0 Å². The van der Waals surface area contributed by atoms with Crippen LogP contribution in [-0.4, -0.2) is 29.1 Å². The molecule has 0 radical (unpaired) electrons. The maximum Gasteiger partial charge on any atom is 0.433 e. The van der Waals surface area contributed by atoms with Gasteiger partial charge in [-0.2, -0.15) is 0 Å². The van der Waals surface area contributed by atoms with Gasteiger partial charge in [-0.15, -0.1) is 0 Å². The zero-order valence-corrected chi connectivity index (χ0v) is 11.6. The van der Waals surface area contributed by atoms with Crippen LogP contribution < -0.4 is 5.32 Å². The smallest absolute Gasteiger partial charge is 0.401 e. The molecule has 0 aliphatic rings. The largest absolute Gasteiger partial charge is 0.433 e. The Bertz CT molecular complexity index is 688. The second-order valence-electron chi connectivity index (χ2n) is 4.37. The average Bonchev–Trinajstić information content (AvgIpc) is 3.00. The first-order chi connectivity index (χ1) is 10.6. The van der Waals surface area contributed by atoms with Crippen molar-refractivity contribution in [1.29, 1.82) is 0 Å². The Morgan fingerprint density at radius 1 is 1.23 bits per heavy atom. The van der Waals surface area contributed by atoms with Crippen LogP contribution in [0, 0.1) is 10.1 Å². The molecule has 0 saturated carbocycles. The minimum absolute atomic E-state index is 0.109. The SMILES string of the molecule is O=C(NCCO)c1ccc(C=Cc2ccc([N+](=O)[O-])o2)cc1. The van der Waals surface area contributed by atoms with Crippen LogP contribution in [0.25, 0.3) is 12.2 Å². The van der Waals surface area contributed by atoms with Crippen molar-refractivity contribution in [2.24, 2.45) is 0 Å². The molecule has 0 spiro atoms. The Kier molecular flexibility index (Phi) is 5.05. The van der Waals surface area contributed by atoms with E-state index in [1.165, 1.54) is 12.1 Å². The number of hydrogen-bond acceptors (Lipinski definition) is 5. The summed E-state index contributed by atoms with van der Waals surface area (Å²) in [6.07, 6.45) is 3.33. The summed E-state index contributed by atoms with van der Waals surface area (Å²) >= 11 is 0. The fourth-order valence-corrected chi connectivity index (χ4v) is 1.73. The molecular formula is C15H14N2O5. The molecule has 2 rings (SSSR count). The van der Waals surface area contributed by atoms with Crippen LogP contribution in [-0.2, 0) is 0 Å². The molecule has 1 aromatic heterocycles. The van der Waals surface area contributed by atoms with E-state index in [-0.39, 0.29) is 24.9 Å². The van der Waals surface area contributed by atoms with E-state index < -0.39 is 4.92 Å². The van der Waals surface area contributed by atoms with E-state index in [0.717, 1.165) is 5.56 Å². The fourth-order valence-electron chi connectivity index (χ4n) is 1.73. The van der Waals surface area contributed by atoms with Crippen LogP contribution in [0.4, 0.5) is 5.88 Å². The van der Waals surface area contributed by atoms with Crippen molar-refractivity contribution in [3.8, 4) is 0 Å². The van der Waals surface area contributed by atoms with Crippen LogP contribution in [0.1, 0.15) is 21.7 Å². The van der Waals surface area contributed by atoms with Crippen LogP contribution in [0.5, 0.6) is 0 Å². The summed E-state index contributed by atoms with van der Waals surface area (Å²) in [5.41, 5.74) is 1.30. The lowest BCUT2D eigenvalue weighted by atomic mass is 10.1. The molecular weight excluding hydrogens is 288 g/mol. The van der Waals surface area contributed by atoms with E-state index in [9.17, 15) is 14.9 Å². The van der Waals surface area contributed by atoms with Crippen LogP contribution in [0.2, 0.25) is 0 Å². The third-order valence-electron chi connectivity index (χ3n) is 2.80. The third kappa shape index (κ3) is 4.03. The number of aliphatic hydroxyl groups excluding tert-OH is 1. The number of aliphatic hydroxyl groups is 1.